The molecule has 0 amide bonds. The third kappa shape index (κ3) is 11.8. The Morgan fingerprint density at radius 2 is 0.363 bits per heavy atom. The summed E-state index contributed by atoms with van der Waals surface area (Å²) in [5.41, 5.74) is 29.6. The van der Waals surface area contributed by atoms with Crippen molar-refractivity contribution in [1.82, 2.24) is 0 Å². The number of ether oxygens (including phenoxy) is 4. The number of anilines is 12. The number of fused-ring (bicyclic) bond motifs is 6. The molecular weight excluding hydrogens is 1250 g/mol. The largest absolute Gasteiger partial charge is 0.497 e. The van der Waals surface area contributed by atoms with Gasteiger partial charge in [-0.2, -0.15) is 0 Å². The van der Waals surface area contributed by atoms with Crippen molar-refractivity contribution in [1.29, 1.82) is 0 Å². The van der Waals surface area contributed by atoms with E-state index in [0.29, 0.717) is 0 Å². The van der Waals surface area contributed by atoms with Crippen LogP contribution in [0, 0.1) is 0 Å². The third-order valence-corrected chi connectivity index (χ3v) is 20.7. The van der Waals surface area contributed by atoms with Gasteiger partial charge in [0.2, 0.25) is 0 Å². The molecule has 16 rings (SSSR count). The maximum absolute atomic E-state index is 5.63. The molecule has 0 saturated carbocycles. The van der Waals surface area contributed by atoms with Gasteiger partial charge in [-0.1, -0.05) is 161 Å². The molecule has 14 aromatic carbocycles. The summed E-state index contributed by atoms with van der Waals surface area (Å²) >= 11 is 0. The van der Waals surface area contributed by atoms with Crippen molar-refractivity contribution in [2.24, 2.45) is 0 Å². The number of benzene rings is 14. The van der Waals surface area contributed by atoms with Gasteiger partial charge in [0, 0.05) is 79.1 Å². The van der Waals surface area contributed by atoms with Gasteiger partial charge in [-0.25, -0.2) is 0 Å². The standard InChI is InChI=1S/C94H78N4O4/c1-93(2)89-15-11-9-13-85(89)87-59-49-79(61-91(87)93)97(77-45-55-83(101-7)56-46-77)73-37-25-67(26-38-73)65-21-33-71(34-22-65)95(75-41-51-81(99-5)52-42-75)69-29-17-63(18-30-69)64-19-31-70(32-20-64)96(76-43-53-82(100-6)54-44-76)72-35-23-66(24-36-72)68-27-39-74(40-28-68)98(78-47-57-84(102-8)58-48-78)80-50-60-88-86-14-10-12-16-90(86)94(3,4)92(88)62-80/h9-62H,1-8H3. The highest BCUT2D eigenvalue weighted by Crippen LogP contribution is 2.53. The summed E-state index contributed by atoms with van der Waals surface area (Å²) in [7, 11) is 6.83. The SMILES string of the molecule is COc1ccc(N(c2ccc(-c3ccc(N(c4ccc(OC)cc4)c4ccc(-c5ccc(N(c6ccc(OC)cc6)c6ccc7c(c6)C(C)(C)c6ccccc6-7)cc5)cc4)cc3)cc2)c2ccc(-c3ccc(N(c4ccc(OC)cc4)c4ccc5c(c4)C(C)(C)c4ccccc4-5)cc3)cc2)cc1. The normalized spacial score (nSPS) is 12.7. The summed E-state index contributed by atoms with van der Waals surface area (Å²) in [6, 6.07) is 118. The average molecular weight is 1330 g/mol. The minimum absolute atomic E-state index is 0.133. The molecule has 2 aliphatic rings. The highest BCUT2D eigenvalue weighted by molar-refractivity contribution is 5.90. The molecule has 8 heteroatoms. The molecule has 8 nitrogen and oxygen atoms in total. The fourth-order valence-electron chi connectivity index (χ4n) is 15.2. The highest BCUT2D eigenvalue weighted by Gasteiger charge is 2.37. The summed E-state index contributed by atoms with van der Waals surface area (Å²) in [5, 5.41) is 0. The highest BCUT2D eigenvalue weighted by atomic mass is 16.5. The van der Waals surface area contributed by atoms with Gasteiger partial charge >= 0.3 is 0 Å². The lowest BCUT2D eigenvalue weighted by molar-refractivity contribution is 0.414. The van der Waals surface area contributed by atoms with Crippen LogP contribution in [0.2, 0.25) is 0 Å². The molecule has 498 valence electrons. The van der Waals surface area contributed by atoms with Gasteiger partial charge in [0.1, 0.15) is 23.0 Å². The molecule has 0 radical (unpaired) electrons. The third-order valence-electron chi connectivity index (χ3n) is 20.7. The number of hydrogen-bond acceptors (Lipinski definition) is 8. The predicted molar refractivity (Wildman–Crippen MR) is 423 cm³/mol. The minimum Gasteiger partial charge on any atom is -0.497 e. The maximum atomic E-state index is 5.63. The van der Waals surface area contributed by atoms with Crippen molar-refractivity contribution in [2.75, 3.05) is 48.0 Å². The second kappa shape index (κ2) is 26.6. The zero-order valence-corrected chi connectivity index (χ0v) is 58.6. The quantitative estimate of drug-likeness (QED) is 0.0794. The first-order valence-electron chi connectivity index (χ1n) is 34.7. The monoisotopic (exact) mass is 1330 g/mol. The summed E-state index contributed by atoms with van der Waals surface area (Å²) in [6.07, 6.45) is 0. The average Bonchev–Trinajstić information content (AvgIpc) is 1.58. The van der Waals surface area contributed by atoms with Crippen molar-refractivity contribution >= 4 is 68.2 Å². The van der Waals surface area contributed by atoms with E-state index in [9.17, 15) is 0 Å². The van der Waals surface area contributed by atoms with Crippen molar-refractivity contribution in [3.05, 3.63) is 350 Å². The molecule has 2 aliphatic carbocycles. The van der Waals surface area contributed by atoms with Crippen molar-refractivity contribution < 1.29 is 18.9 Å². The minimum atomic E-state index is -0.133. The van der Waals surface area contributed by atoms with Crippen LogP contribution in [0.25, 0.3) is 55.6 Å². The van der Waals surface area contributed by atoms with Gasteiger partial charge < -0.3 is 38.5 Å². The summed E-state index contributed by atoms with van der Waals surface area (Å²) in [5.74, 6) is 3.24. The molecule has 0 bridgehead atoms. The number of nitrogens with zero attached hydrogens (tertiary/aromatic N) is 4. The Kier molecular flexibility index (Phi) is 16.7. The van der Waals surface area contributed by atoms with Crippen LogP contribution in [0.5, 0.6) is 23.0 Å². The number of hydrogen-bond donors (Lipinski definition) is 0. The molecular formula is C94H78N4O4. The Morgan fingerprint density at radius 3 is 0.578 bits per heavy atom. The van der Waals surface area contributed by atoms with Crippen LogP contribution in [0.1, 0.15) is 49.9 Å². The molecule has 0 saturated heterocycles. The van der Waals surface area contributed by atoms with Crippen LogP contribution in [-0.4, -0.2) is 28.4 Å². The van der Waals surface area contributed by atoms with E-state index in [0.717, 1.165) is 125 Å². The van der Waals surface area contributed by atoms with Gasteiger partial charge in [-0.05, 0) is 272 Å². The molecule has 0 N–H and O–H groups in total. The Labute approximate surface area is 598 Å². The van der Waals surface area contributed by atoms with Gasteiger partial charge in [0.25, 0.3) is 0 Å². The maximum Gasteiger partial charge on any atom is 0.119 e. The second-order valence-corrected chi connectivity index (χ2v) is 27.2. The fourth-order valence-corrected chi connectivity index (χ4v) is 15.2. The summed E-state index contributed by atoms with van der Waals surface area (Å²) in [6.45, 7) is 9.33. The summed E-state index contributed by atoms with van der Waals surface area (Å²) < 4.78 is 22.5. The lowest BCUT2D eigenvalue weighted by Gasteiger charge is -2.28. The van der Waals surface area contributed by atoms with E-state index in [-0.39, 0.29) is 10.8 Å². The molecule has 0 unspecified atom stereocenters. The Morgan fingerprint density at radius 1 is 0.186 bits per heavy atom. The van der Waals surface area contributed by atoms with E-state index < -0.39 is 0 Å². The number of methoxy groups -OCH3 is 4. The van der Waals surface area contributed by atoms with Crippen LogP contribution in [0.3, 0.4) is 0 Å². The molecule has 0 spiro atoms. The molecule has 0 aromatic heterocycles. The molecule has 0 atom stereocenters. The first kappa shape index (κ1) is 64.2. The smallest absolute Gasteiger partial charge is 0.119 e. The Bertz CT molecular complexity index is 4990. The second-order valence-electron chi connectivity index (χ2n) is 27.2. The zero-order chi connectivity index (χ0) is 69.6. The van der Waals surface area contributed by atoms with Crippen LogP contribution >= 0.6 is 0 Å². The van der Waals surface area contributed by atoms with E-state index >= 15 is 0 Å². The first-order chi connectivity index (χ1) is 49.8. The zero-order valence-electron chi connectivity index (χ0n) is 58.6. The topological polar surface area (TPSA) is 49.9 Å². The Balaban J connectivity index is 0.653. The van der Waals surface area contributed by atoms with Gasteiger partial charge in [0.05, 0.1) is 28.4 Å². The van der Waals surface area contributed by atoms with Gasteiger partial charge in [-0.3, -0.25) is 0 Å². The summed E-state index contributed by atoms with van der Waals surface area (Å²) in [4.78, 5) is 9.27. The van der Waals surface area contributed by atoms with Gasteiger partial charge in [-0.15, -0.1) is 0 Å². The van der Waals surface area contributed by atoms with E-state index in [2.05, 4.69) is 326 Å². The van der Waals surface area contributed by atoms with E-state index in [1.54, 1.807) is 28.4 Å². The van der Waals surface area contributed by atoms with Crippen molar-refractivity contribution in [3.8, 4) is 78.6 Å². The first-order valence-corrected chi connectivity index (χ1v) is 34.7. The Hall–Kier alpha value is -12.5. The lowest BCUT2D eigenvalue weighted by Crippen LogP contribution is -2.16. The molecule has 0 fully saturated rings. The molecule has 102 heavy (non-hydrogen) atoms. The van der Waals surface area contributed by atoms with Gasteiger partial charge in [0.15, 0.2) is 0 Å². The fraction of sp³-hybridized carbons (Fsp3) is 0.106. The predicted octanol–water partition coefficient (Wildman–Crippen LogP) is 25.2. The van der Waals surface area contributed by atoms with Crippen LogP contribution in [-0.2, 0) is 10.8 Å². The molecule has 14 aromatic rings. The van der Waals surface area contributed by atoms with Crippen LogP contribution < -0.4 is 38.5 Å². The van der Waals surface area contributed by atoms with E-state index in [1.807, 2.05) is 48.5 Å². The molecule has 0 heterocycles. The van der Waals surface area contributed by atoms with Crippen LogP contribution in [0.4, 0.5) is 68.2 Å². The lowest BCUT2D eigenvalue weighted by atomic mass is 9.82. The van der Waals surface area contributed by atoms with Crippen molar-refractivity contribution in [2.45, 2.75) is 38.5 Å². The molecule has 0 aliphatic heterocycles. The van der Waals surface area contributed by atoms with E-state index in [1.165, 1.54) is 44.5 Å². The number of rotatable bonds is 19. The van der Waals surface area contributed by atoms with Crippen LogP contribution in [0.15, 0.2) is 328 Å². The van der Waals surface area contributed by atoms with E-state index in [4.69, 9.17) is 18.9 Å². The van der Waals surface area contributed by atoms with Crippen molar-refractivity contribution in [3.63, 3.8) is 0 Å².